The van der Waals surface area contributed by atoms with Gasteiger partial charge in [-0.05, 0) is 18.6 Å². The number of benzene rings is 1. The molecule has 0 saturated heterocycles. The molecular formula is C10H12FN3O3. The monoisotopic (exact) mass is 241 g/mol. The summed E-state index contributed by atoms with van der Waals surface area (Å²) in [5, 5.41) is 13.3. The van der Waals surface area contributed by atoms with Crippen molar-refractivity contribution in [2.75, 3.05) is 11.9 Å². The Morgan fingerprint density at radius 2 is 2.24 bits per heavy atom. The molecule has 0 fully saturated rings. The molecule has 0 spiro atoms. The van der Waals surface area contributed by atoms with Crippen LogP contribution in [-0.2, 0) is 4.79 Å². The number of carbonyl (C=O) groups excluding carboxylic acids is 1. The van der Waals surface area contributed by atoms with Gasteiger partial charge in [0, 0.05) is 13.0 Å². The largest absolute Gasteiger partial charge is 0.379 e. The number of nitrogens with two attached hydrogens (primary N) is 1. The number of hydrogen-bond acceptors (Lipinski definition) is 4. The first-order valence-corrected chi connectivity index (χ1v) is 4.97. The number of amides is 1. The van der Waals surface area contributed by atoms with Gasteiger partial charge in [-0.25, -0.2) is 0 Å². The van der Waals surface area contributed by atoms with Crippen molar-refractivity contribution in [2.24, 2.45) is 5.73 Å². The fourth-order valence-electron chi connectivity index (χ4n) is 1.33. The number of nitrogens with zero attached hydrogens (tertiary/aromatic N) is 1. The van der Waals surface area contributed by atoms with Crippen LogP contribution in [0.4, 0.5) is 15.8 Å². The van der Waals surface area contributed by atoms with E-state index in [9.17, 15) is 19.3 Å². The van der Waals surface area contributed by atoms with Crippen LogP contribution < -0.4 is 11.1 Å². The molecule has 0 bridgehead atoms. The molecule has 92 valence electrons. The van der Waals surface area contributed by atoms with E-state index >= 15 is 0 Å². The van der Waals surface area contributed by atoms with Gasteiger partial charge < -0.3 is 11.1 Å². The molecular weight excluding hydrogens is 229 g/mol. The van der Waals surface area contributed by atoms with Gasteiger partial charge in [0.1, 0.15) is 5.69 Å². The van der Waals surface area contributed by atoms with Crippen molar-refractivity contribution in [1.29, 1.82) is 0 Å². The number of halogens is 1. The number of nitro benzene ring substituents is 1. The molecule has 0 aliphatic rings. The molecule has 0 aliphatic heterocycles. The summed E-state index contributed by atoms with van der Waals surface area (Å²) in [6.07, 6.45) is 0.610. The molecule has 17 heavy (non-hydrogen) atoms. The van der Waals surface area contributed by atoms with E-state index in [2.05, 4.69) is 5.32 Å². The second-order valence-corrected chi connectivity index (χ2v) is 3.39. The SMILES string of the molecule is NC(=O)CCCNc1cccc(F)c1[N+](=O)[O-]. The lowest BCUT2D eigenvalue weighted by atomic mass is 10.2. The van der Waals surface area contributed by atoms with Gasteiger partial charge in [0.2, 0.25) is 11.7 Å². The third-order valence-corrected chi connectivity index (χ3v) is 2.08. The molecule has 1 aromatic carbocycles. The summed E-state index contributed by atoms with van der Waals surface area (Å²) in [4.78, 5) is 20.3. The maximum atomic E-state index is 13.2. The minimum atomic E-state index is -0.894. The van der Waals surface area contributed by atoms with Crippen LogP contribution in [-0.4, -0.2) is 17.4 Å². The third kappa shape index (κ3) is 3.71. The number of hydrogen-bond donors (Lipinski definition) is 2. The molecule has 7 heteroatoms. The minimum Gasteiger partial charge on any atom is -0.379 e. The Bertz CT molecular complexity index is 437. The predicted molar refractivity (Wildman–Crippen MR) is 60.0 cm³/mol. The van der Waals surface area contributed by atoms with E-state index in [0.29, 0.717) is 13.0 Å². The predicted octanol–water partition coefficient (Wildman–Crippen LogP) is 1.41. The van der Waals surface area contributed by atoms with Crippen LogP contribution in [0.15, 0.2) is 18.2 Å². The van der Waals surface area contributed by atoms with E-state index in [4.69, 9.17) is 5.73 Å². The molecule has 1 aromatic rings. The van der Waals surface area contributed by atoms with E-state index in [0.717, 1.165) is 6.07 Å². The van der Waals surface area contributed by atoms with Gasteiger partial charge >= 0.3 is 5.69 Å². The van der Waals surface area contributed by atoms with Crippen LogP contribution in [0.5, 0.6) is 0 Å². The van der Waals surface area contributed by atoms with E-state index in [1.54, 1.807) is 0 Å². The maximum Gasteiger partial charge on any atom is 0.327 e. The first-order valence-electron chi connectivity index (χ1n) is 4.97. The highest BCUT2D eigenvalue weighted by molar-refractivity contribution is 5.73. The second kappa shape index (κ2) is 5.78. The van der Waals surface area contributed by atoms with E-state index in [-0.39, 0.29) is 12.1 Å². The third-order valence-electron chi connectivity index (χ3n) is 2.08. The lowest BCUT2D eigenvalue weighted by Crippen LogP contribution is -2.13. The standard InChI is InChI=1S/C10H12FN3O3/c11-7-3-1-4-8(10(7)14(16)17)13-6-2-5-9(12)15/h1,3-4,13H,2,5-6H2,(H2,12,15). The minimum absolute atomic E-state index is 0.0967. The Kier molecular flexibility index (Phi) is 4.38. The van der Waals surface area contributed by atoms with E-state index in [1.165, 1.54) is 12.1 Å². The normalized spacial score (nSPS) is 9.94. The number of para-hydroxylation sites is 1. The van der Waals surface area contributed by atoms with Gasteiger partial charge in [-0.3, -0.25) is 14.9 Å². The van der Waals surface area contributed by atoms with Crippen molar-refractivity contribution in [3.63, 3.8) is 0 Å². The molecule has 0 heterocycles. The molecule has 1 rings (SSSR count). The zero-order valence-corrected chi connectivity index (χ0v) is 8.98. The Morgan fingerprint density at radius 1 is 1.53 bits per heavy atom. The Hall–Kier alpha value is -2.18. The van der Waals surface area contributed by atoms with Gasteiger partial charge in [-0.2, -0.15) is 4.39 Å². The number of anilines is 1. The zero-order valence-electron chi connectivity index (χ0n) is 8.98. The fourth-order valence-corrected chi connectivity index (χ4v) is 1.33. The summed E-state index contributed by atoms with van der Waals surface area (Å²) in [5.41, 5.74) is 4.44. The highest BCUT2D eigenvalue weighted by Gasteiger charge is 2.19. The molecule has 0 atom stereocenters. The summed E-state index contributed by atoms with van der Waals surface area (Å²) in [6, 6.07) is 3.80. The zero-order chi connectivity index (χ0) is 12.8. The quantitative estimate of drug-likeness (QED) is 0.447. The summed E-state index contributed by atoms with van der Waals surface area (Å²) in [5.74, 6) is -1.34. The van der Waals surface area contributed by atoms with Crippen LogP contribution in [0, 0.1) is 15.9 Å². The van der Waals surface area contributed by atoms with E-state index in [1.807, 2.05) is 0 Å². The molecule has 3 N–H and O–H groups in total. The maximum absolute atomic E-state index is 13.2. The summed E-state index contributed by atoms with van der Waals surface area (Å²) >= 11 is 0. The lowest BCUT2D eigenvalue weighted by Gasteiger charge is -2.06. The summed E-state index contributed by atoms with van der Waals surface area (Å²) < 4.78 is 13.2. The van der Waals surface area contributed by atoms with Crippen LogP contribution in [0.1, 0.15) is 12.8 Å². The summed E-state index contributed by atoms with van der Waals surface area (Å²) in [6.45, 7) is 0.313. The highest BCUT2D eigenvalue weighted by Crippen LogP contribution is 2.26. The smallest absolute Gasteiger partial charge is 0.327 e. The van der Waals surface area contributed by atoms with Crippen molar-refractivity contribution < 1.29 is 14.1 Å². The number of primary amides is 1. The topological polar surface area (TPSA) is 98.3 Å². The summed E-state index contributed by atoms with van der Waals surface area (Å²) in [7, 11) is 0. The average molecular weight is 241 g/mol. The Morgan fingerprint density at radius 3 is 2.82 bits per heavy atom. The van der Waals surface area contributed by atoms with Crippen LogP contribution in [0.25, 0.3) is 0 Å². The first kappa shape index (κ1) is 12.9. The molecule has 0 saturated carbocycles. The molecule has 0 aliphatic carbocycles. The Balaban J connectivity index is 2.67. The molecule has 1 amide bonds. The van der Waals surface area contributed by atoms with Gasteiger partial charge in [0.15, 0.2) is 0 Å². The van der Waals surface area contributed by atoms with Gasteiger partial charge in [-0.1, -0.05) is 6.07 Å². The van der Waals surface area contributed by atoms with Gasteiger partial charge in [0.05, 0.1) is 4.92 Å². The molecule has 0 unspecified atom stereocenters. The lowest BCUT2D eigenvalue weighted by molar-refractivity contribution is -0.386. The highest BCUT2D eigenvalue weighted by atomic mass is 19.1. The molecule has 0 aromatic heterocycles. The first-order chi connectivity index (χ1) is 8.02. The van der Waals surface area contributed by atoms with Crippen molar-refractivity contribution in [1.82, 2.24) is 0 Å². The van der Waals surface area contributed by atoms with Crippen molar-refractivity contribution in [2.45, 2.75) is 12.8 Å². The van der Waals surface area contributed by atoms with Crippen molar-refractivity contribution in [3.8, 4) is 0 Å². The van der Waals surface area contributed by atoms with Gasteiger partial charge in [-0.15, -0.1) is 0 Å². The van der Waals surface area contributed by atoms with Gasteiger partial charge in [0.25, 0.3) is 0 Å². The Labute approximate surface area is 96.8 Å². The second-order valence-electron chi connectivity index (χ2n) is 3.39. The van der Waals surface area contributed by atoms with Crippen LogP contribution >= 0.6 is 0 Å². The van der Waals surface area contributed by atoms with Crippen molar-refractivity contribution >= 4 is 17.3 Å². The number of nitrogens with one attached hydrogen (secondary N) is 1. The van der Waals surface area contributed by atoms with E-state index < -0.39 is 22.3 Å². The van der Waals surface area contributed by atoms with Crippen LogP contribution in [0.3, 0.4) is 0 Å². The number of nitro groups is 1. The van der Waals surface area contributed by atoms with Crippen LogP contribution in [0.2, 0.25) is 0 Å². The van der Waals surface area contributed by atoms with Crippen molar-refractivity contribution in [3.05, 3.63) is 34.1 Å². The average Bonchev–Trinajstić information content (AvgIpc) is 2.23. The number of rotatable bonds is 6. The number of carbonyl (C=O) groups is 1. The molecule has 0 radical (unpaired) electrons. The fraction of sp³-hybridized carbons (Fsp3) is 0.300. The molecule has 6 nitrogen and oxygen atoms in total.